The number of carbonyl (C=O) groups is 2. The summed E-state index contributed by atoms with van der Waals surface area (Å²) in [5.74, 6) is 0.764. The Morgan fingerprint density at radius 3 is 2.69 bits per heavy atom. The van der Waals surface area contributed by atoms with E-state index in [9.17, 15) is 14.0 Å². The lowest BCUT2D eigenvalue weighted by Gasteiger charge is -2.35. The number of tetrazole rings is 1. The van der Waals surface area contributed by atoms with Crippen molar-refractivity contribution in [2.24, 2.45) is 13.0 Å². The van der Waals surface area contributed by atoms with Crippen molar-refractivity contribution in [3.63, 3.8) is 0 Å². The molecular formula is C26H30FN7O2. The summed E-state index contributed by atoms with van der Waals surface area (Å²) in [7, 11) is 1.75. The molecule has 0 spiro atoms. The number of hydrogen-bond acceptors (Lipinski definition) is 5. The molecule has 188 valence electrons. The normalized spacial score (nSPS) is 18.5. The van der Waals surface area contributed by atoms with Crippen molar-refractivity contribution in [2.75, 3.05) is 18.4 Å². The third-order valence-electron chi connectivity index (χ3n) is 7.07. The maximum absolute atomic E-state index is 13.4. The third-order valence-corrected chi connectivity index (χ3v) is 7.07. The van der Waals surface area contributed by atoms with Crippen LogP contribution in [0.1, 0.15) is 37.7 Å². The number of anilines is 1. The van der Waals surface area contributed by atoms with Gasteiger partial charge in [0, 0.05) is 31.4 Å². The minimum absolute atomic E-state index is 0.00282. The maximum atomic E-state index is 13.4. The molecule has 1 aromatic heterocycles. The van der Waals surface area contributed by atoms with Crippen molar-refractivity contribution in [1.29, 1.82) is 0 Å². The molecule has 3 aromatic rings. The van der Waals surface area contributed by atoms with Gasteiger partial charge in [0.1, 0.15) is 11.4 Å². The lowest BCUT2D eigenvalue weighted by atomic mass is 9.91. The van der Waals surface area contributed by atoms with Crippen molar-refractivity contribution in [3.8, 4) is 11.4 Å². The van der Waals surface area contributed by atoms with Crippen LogP contribution >= 0.6 is 0 Å². The Bertz CT molecular complexity index is 1240. The number of carbonyl (C=O) groups excluding carboxylic acids is 2. The van der Waals surface area contributed by atoms with Crippen LogP contribution in [0.25, 0.3) is 11.4 Å². The fraction of sp³-hybridized carbons (Fsp3) is 0.423. The smallest absolute Gasteiger partial charge is 0.320 e. The minimum Gasteiger partial charge on any atom is -0.340 e. The van der Waals surface area contributed by atoms with E-state index in [-0.39, 0.29) is 11.7 Å². The van der Waals surface area contributed by atoms with Crippen LogP contribution in [0.4, 0.5) is 14.9 Å². The van der Waals surface area contributed by atoms with Gasteiger partial charge >= 0.3 is 6.03 Å². The van der Waals surface area contributed by atoms with Crippen molar-refractivity contribution in [2.45, 2.75) is 44.1 Å². The van der Waals surface area contributed by atoms with Crippen LogP contribution in [-0.2, 0) is 18.3 Å². The van der Waals surface area contributed by atoms with Crippen molar-refractivity contribution in [1.82, 2.24) is 30.4 Å². The van der Waals surface area contributed by atoms with E-state index in [4.69, 9.17) is 0 Å². The number of nitrogens with one attached hydrogen (secondary N) is 2. The van der Waals surface area contributed by atoms with E-state index in [1.54, 1.807) is 23.9 Å². The summed E-state index contributed by atoms with van der Waals surface area (Å²) in [6.45, 7) is 1.41. The number of rotatable bonds is 7. The highest BCUT2D eigenvalue weighted by Gasteiger charge is 2.53. The van der Waals surface area contributed by atoms with Crippen LogP contribution < -0.4 is 10.6 Å². The summed E-state index contributed by atoms with van der Waals surface area (Å²) in [6.07, 6.45) is 5.12. The first-order valence-electron chi connectivity index (χ1n) is 12.4. The highest BCUT2D eigenvalue weighted by Crippen LogP contribution is 2.38. The molecule has 1 aliphatic heterocycles. The predicted octanol–water partition coefficient (Wildman–Crippen LogP) is 3.54. The SMILES string of the molecule is Cn1nnnc1-c1cccc(NC(=O)NC2(C(=O)N3CCC[C@H](CCc4ccc(F)cc4)C3)CC2)c1. The number of aromatic nitrogens is 4. The second-order valence-corrected chi connectivity index (χ2v) is 9.79. The Balaban J connectivity index is 1.16. The van der Waals surface area contributed by atoms with Gasteiger partial charge in [-0.05, 0) is 84.7 Å². The van der Waals surface area contributed by atoms with E-state index in [1.165, 1.54) is 12.1 Å². The molecule has 0 unspecified atom stereocenters. The molecule has 0 radical (unpaired) electrons. The quantitative estimate of drug-likeness (QED) is 0.526. The molecular weight excluding hydrogens is 461 g/mol. The van der Waals surface area contributed by atoms with E-state index in [2.05, 4.69) is 26.2 Å². The molecule has 2 heterocycles. The van der Waals surface area contributed by atoms with Crippen molar-refractivity contribution < 1.29 is 14.0 Å². The van der Waals surface area contributed by atoms with Gasteiger partial charge in [-0.15, -0.1) is 5.10 Å². The van der Waals surface area contributed by atoms with E-state index in [0.717, 1.165) is 36.8 Å². The maximum Gasteiger partial charge on any atom is 0.320 e. The summed E-state index contributed by atoms with van der Waals surface area (Å²) in [5, 5.41) is 17.3. The average molecular weight is 492 g/mol. The number of halogens is 1. The van der Waals surface area contributed by atoms with Crippen LogP contribution in [0.3, 0.4) is 0 Å². The van der Waals surface area contributed by atoms with E-state index in [1.807, 2.05) is 29.2 Å². The lowest BCUT2D eigenvalue weighted by Crippen LogP contribution is -2.54. The molecule has 1 aliphatic carbocycles. The Kier molecular flexibility index (Phi) is 6.67. The van der Waals surface area contributed by atoms with E-state index < -0.39 is 11.6 Å². The van der Waals surface area contributed by atoms with Crippen LogP contribution in [0, 0.1) is 11.7 Å². The zero-order valence-electron chi connectivity index (χ0n) is 20.3. The highest BCUT2D eigenvalue weighted by molar-refractivity contribution is 5.98. The Morgan fingerprint density at radius 1 is 1.17 bits per heavy atom. The van der Waals surface area contributed by atoms with E-state index in [0.29, 0.717) is 43.4 Å². The van der Waals surface area contributed by atoms with Gasteiger partial charge in [-0.25, -0.2) is 13.9 Å². The second kappa shape index (κ2) is 10.0. The van der Waals surface area contributed by atoms with Crippen LogP contribution in [0.2, 0.25) is 0 Å². The number of piperidine rings is 1. The van der Waals surface area contributed by atoms with Gasteiger partial charge in [0.15, 0.2) is 5.82 Å². The molecule has 2 N–H and O–H groups in total. The number of benzene rings is 2. The second-order valence-electron chi connectivity index (χ2n) is 9.79. The van der Waals surface area contributed by atoms with Crippen LogP contribution in [0.5, 0.6) is 0 Å². The zero-order valence-corrected chi connectivity index (χ0v) is 20.3. The molecule has 2 fully saturated rings. The van der Waals surface area contributed by atoms with Gasteiger partial charge in [0.2, 0.25) is 5.91 Å². The molecule has 5 rings (SSSR count). The number of urea groups is 1. The molecule has 2 aliphatic rings. The molecule has 36 heavy (non-hydrogen) atoms. The molecule has 3 amide bonds. The molecule has 1 saturated heterocycles. The topological polar surface area (TPSA) is 105 Å². The number of amides is 3. The lowest BCUT2D eigenvalue weighted by molar-refractivity contribution is -0.136. The third kappa shape index (κ3) is 5.37. The molecule has 2 aromatic carbocycles. The van der Waals surface area contributed by atoms with Crippen molar-refractivity contribution >= 4 is 17.6 Å². The fourth-order valence-electron chi connectivity index (χ4n) is 4.92. The first-order chi connectivity index (χ1) is 17.4. The number of hydrogen-bond donors (Lipinski definition) is 2. The largest absolute Gasteiger partial charge is 0.340 e. The van der Waals surface area contributed by atoms with Gasteiger partial charge in [-0.2, -0.15) is 0 Å². The summed E-state index contributed by atoms with van der Waals surface area (Å²) in [5.41, 5.74) is 1.65. The van der Waals surface area contributed by atoms with E-state index >= 15 is 0 Å². The highest BCUT2D eigenvalue weighted by atomic mass is 19.1. The summed E-state index contributed by atoms with van der Waals surface area (Å²) in [6, 6.07) is 13.5. The zero-order chi connectivity index (χ0) is 25.1. The van der Waals surface area contributed by atoms with Crippen molar-refractivity contribution in [3.05, 3.63) is 59.9 Å². The standard InChI is InChI=1S/C26H30FN7O2/c1-33-23(30-31-32-33)20-5-2-6-22(16-20)28-25(36)29-26(13-14-26)24(35)34-15-3-4-19(17-34)8-7-18-9-11-21(27)12-10-18/h2,5-6,9-12,16,19H,3-4,7-8,13-15,17H2,1H3,(H2,28,29,36)/t19-/m1/s1. The first kappa shape index (κ1) is 23.9. The van der Waals surface area contributed by atoms with Gasteiger partial charge in [-0.3, -0.25) is 4.79 Å². The predicted molar refractivity (Wildman–Crippen MR) is 132 cm³/mol. The molecule has 1 atom stereocenters. The average Bonchev–Trinajstić information content (AvgIpc) is 3.53. The van der Waals surface area contributed by atoms with Gasteiger partial charge in [0.05, 0.1) is 0 Å². The fourth-order valence-corrected chi connectivity index (χ4v) is 4.92. The summed E-state index contributed by atoms with van der Waals surface area (Å²) in [4.78, 5) is 28.1. The summed E-state index contributed by atoms with van der Waals surface area (Å²) < 4.78 is 14.7. The van der Waals surface area contributed by atoms with Gasteiger partial charge in [0.25, 0.3) is 0 Å². The Labute approximate surface area is 209 Å². The minimum atomic E-state index is -0.825. The number of aryl methyl sites for hydroxylation is 2. The van der Waals surface area contributed by atoms with Crippen LogP contribution in [0.15, 0.2) is 48.5 Å². The van der Waals surface area contributed by atoms with Gasteiger partial charge < -0.3 is 15.5 Å². The molecule has 0 bridgehead atoms. The monoisotopic (exact) mass is 491 g/mol. The molecule has 9 nitrogen and oxygen atoms in total. The number of nitrogens with zero attached hydrogens (tertiary/aromatic N) is 5. The molecule has 10 heteroatoms. The van der Waals surface area contributed by atoms with Crippen LogP contribution in [-0.4, -0.2) is 55.7 Å². The Morgan fingerprint density at radius 2 is 1.97 bits per heavy atom. The molecule has 1 saturated carbocycles. The number of likely N-dealkylation sites (tertiary alicyclic amines) is 1. The van der Waals surface area contributed by atoms with Gasteiger partial charge in [-0.1, -0.05) is 24.3 Å². The summed E-state index contributed by atoms with van der Waals surface area (Å²) >= 11 is 0. The Hall–Kier alpha value is -3.82. The first-order valence-corrected chi connectivity index (χ1v) is 12.4.